The van der Waals surface area contributed by atoms with Crippen molar-refractivity contribution in [2.75, 3.05) is 4.90 Å². The number of hydrogen-bond donors (Lipinski definition) is 0. The Morgan fingerprint density at radius 2 is 1.21 bits per heavy atom. The lowest BCUT2D eigenvalue weighted by Gasteiger charge is -2.30. The first-order valence-electron chi connectivity index (χ1n) is 11.8. The highest BCUT2D eigenvalue weighted by Gasteiger charge is 2.19. The number of para-hydroxylation sites is 1. The molecule has 33 heavy (non-hydrogen) atoms. The molecule has 1 nitrogen and oxygen atoms in total. The first kappa shape index (κ1) is 21.0. The number of nitrogens with zero attached hydrogens (tertiary/aromatic N) is 1. The van der Waals surface area contributed by atoms with E-state index in [1.165, 1.54) is 44.9 Å². The molecule has 1 aliphatic rings. The van der Waals surface area contributed by atoms with Gasteiger partial charge in [0.2, 0.25) is 0 Å². The zero-order valence-corrected chi connectivity index (χ0v) is 19.1. The van der Waals surface area contributed by atoms with Crippen molar-refractivity contribution >= 4 is 16.9 Å². The maximum atomic E-state index is 2.45. The molecule has 5 rings (SSSR count). The molecule has 0 unspecified atom stereocenters. The summed E-state index contributed by atoms with van der Waals surface area (Å²) in [5, 5.41) is 0. The van der Waals surface area contributed by atoms with Crippen LogP contribution in [0.2, 0.25) is 0 Å². The van der Waals surface area contributed by atoms with Crippen molar-refractivity contribution in [1.82, 2.24) is 0 Å². The number of rotatable bonds is 5. The monoisotopic (exact) mass is 427 g/mol. The molecule has 0 aromatic heterocycles. The van der Waals surface area contributed by atoms with E-state index in [1.807, 2.05) is 0 Å². The number of anilines is 2. The van der Waals surface area contributed by atoms with Crippen molar-refractivity contribution in [2.45, 2.75) is 26.2 Å². The van der Waals surface area contributed by atoms with Crippen LogP contribution in [0, 0.1) is 6.92 Å². The minimum absolute atomic E-state index is 1.03. The van der Waals surface area contributed by atoms with Gasteiger partial charge in [-0.05, 0) is 67.2 Å². The zero-order valence-electron chi connectivity index (χ0n) is 19.1. The highest BCUT2D eigenvalue weighted by Crippen LogP contribution is 2.40. The van der Waals surface area contributed by atoms with Crippen molar-refractivity contribution < 1.29 is 0 Å². The fourth-order valence-corrected chi connectivity index (χ4v) is 4.59. The smallest absolute Gasteiger partial charge is 0.0536 e. The Labute approximate surface area is 197 Å². The summed E-state index contributed by atoms with van der Waals surface area (Å²) < 4.78 is 0. The molecular weight excluding hydrogens is 398 g/mol. The zero-order chi connectivity index (χ0) is 22.5. The summed E-state index contributed by atoms with van der Waals surface area (Å²) in [6.45, 7) is 2.14. The van der Waals surface area contributed by atoms with Crippen molar-refractivity contribution in [1.29, 1.82) is 0 Å². The third kappa shape index (κ3) is 4.68. The Hall–Kier alpha value is -3.84. The number of benzene rings is 4. The fraction of sp³-hybridized carbons (Fsp3) is 0.125. The Morgan fingerprint density at radius 3 is 1.94 bits per heavy atom. The lowest BCUT2D eigenvalue weighted by Crippen LogP contribution is -2.17. The van der Waals surface area contributed by atoms with Crippen LogP contribution in [0.1, 0.15) is 30.4 Å². The van der Waals surface area contributed by atoms with Gasteiger partial charge >= 0.3 is 0 Å². The molecule has 1 heteroatoms. The van der Waals surface area contributed by atoms with Gasteiger partial charge in [0.25, 0.3) is 0 Å². The van der Waals surface area contributed by atoms with Gasteiger partial charge in [0, 0.05) is 16.9 Å². The SMILES string of the molecule is Cc1ccc(N(C2=CC=C(c3ccccc3)CCC2)c2ccccc2-c2ccccc2)cc1. The second-order valence-electron chi connectivity index (χ2n) is 8.62. The van der Waals surface area contributed by atoms with Gasteiger partial charge in [-0.1, -0.05) is 103 Å². The number of aryl methyl sites for hydroxylation is 1. The molecule has 4 aromatic rings. The van der Waals surface area contributed by atoms with Gasteiger partial charge < -0.3 is 4.90 Å². The third-order valence-corrected chi connectivity index (χ3v) is 6.31. The summed E-state index contributed by atoms with van der Waals surface area (Å²) in [4.78, 5) is 2.45. The summed E-state index contributed by atoms with van der Waals surface area (Å²) >= 11 is 0. The van der Waals surface area contributed by atoms with Crippen LogP contribution in [0.15, 0.2) is 127 Å². The quantitative estimate of drug-likeness (QED) is 0.307. The summed E-state index contributed by atoms with van der Waals surface area (Å²) in [7, 11) is 0. The molecule has 0 radical (unpaired) electrons. The van der Waals surface area contributed by atoms with Gasteiger partial charge in [-0.3, -0.25) is 0 Å². The largest absolute Gasteiger partial charge is 0.314 e. The summed E-state index contributed by atoms with van der Waals surface area (Å²) in [5.74, 6) is 0. The molecule has 0 aliphatic heterocycles. The topological polar surface area (TPSA) is 3.24 Å². The van der Waals surface area contributed by atoms with E-state index in [9.17, 15) is 0 Å². The van der Waals surface area contributed by atoms with Gasteiger partial charge in [0.15, 0.2) is 0 Å². The minimum atomic E-state index is 1.03. The van der Waals surface area contributed by atoms with E-state index in [4.69, 9.17) is 0 Å². The molecule has 0 saturated heterocycles. The van der Waals surface area contributed by atoms with Gasteiger partial charge in [0.1, 0.15) is 0 Å². The van der Waals surface area contributed by atoms with Crippen molar-refractivity contribution in [3.63, 3.8) is 0 Å². The van der Waals surface area contributed by atoms with Crippen LogP contribution in [-0.4, -0.2) is 0 Å². The normalized spacial score (nSPS) is 13.6. The van der Waals surface area contributed by atoms with Crippen LogP contribution in [0.4, 0.5) is 11.4 Å². The number of allylic oxidation sites excluding steroid dienone is 4. The molecule has 0 fully saturated rings. The average Bonchev–Trinajstić information content (AvgIpc) is 3.13. The van der Waals surface area contributed by atoms with Crippen LogP contribution in [-0.2, 0) is 0 Å². The molecule has 4 aromatic carbocycles. The van der Waals surface area contributed by atoms with E-state index in [2.05, 4.69) is 133 Å². The van der Waals surface area contributed by atoms with E-state index >= 15 is 0 Å². The lowest BCUT2D eigenvalue weighted by atomic mass is 10.0. The summed E-state index contributed by atoms with van der Waals surface area (Å²) in [6, 6.07) is 39.1. The molecule has 0 spiro atoms. The second-order valence-corrected chi connectivity index (χ2v) is 8.62. The third-order valence-electron chi connectivity index (χ3n) is 6.31. The van der Waals surface area contributed by atoms with E-state index < -0.39 is 0 Å². The molecule has 0 amide bonds. The molecular formula is C32H29N. The summed E-state index contributed by atoms with van der Waals surface area (Å²) in [5.41, 5.74) is 10.2. The van der Waals surface area contributed by atoms with Crippen LogP contribution in [0.25, 0.3) is 16.7 Å². The van der Waals surface area contributed by atoms with Crippen molar-refractivity contribution in [3.05, 3.63) is 138 Å². The van der Waals surface area contributed by atoms with Crippen LogP contribution < -0.4 is 4.90 Å². The van der Waals surface area contributed by atoms with Gasteiger partial charge in [0.05, 0.1) is 5.69 Å². The van der Waals surface area contributed by atoms with Crippen LogP contribution in [0.5, 0.6) is 0 Å². The van der Waals surface area contributed by atoms with Gasteiger partial charge in [-0.15, -0.1) is 0 Å². The Bertz CT molecular complexity index is 1270. The second kappa shape index (κ2) is 9.75. The Kier molecular flexibility index (Phi) is 6.21. The molecule has 1 aliphatic carbocycles. The minimum Gasteiger partial charge on any atom is -0.314 e. The predicted molar refractivity (Wildman–Crippen MR) is 142 cm³/mol. The summed E-state index contributed by atoms with van der Waals surface area (Å²) in [6.07, 6.45) is 7.90. The van der Waals surface area contributed by atoms with E-state index in [-0.39, 0.29) is 0 Å². The average molecular weight is 428 g/mol. The predicted octanol–water partition coefficient (Wildman–Crippen LogP) is 8.95. The standard InChI is InChI=1S/C32H29N/c1-25-19-22-30(23-20-25)33(32-18-9-8-17-31(32)28-13-6-3-7-14-28)29-16-10-15-27(21-24-29)26-11-4-2-5-12-26/h2-9,11-14,17-24H,10,15-16H2,1H3. The Morgan fingerprint density at radius 1 is 0.576 bits per heavy atom. The Balaban J connectivity index is 1.64. The van der Waals surface area contributed by atoms with Crippen molar-refractivity contribution in [3.8, 4) is 11.1 Å². The first-order valence-corrected chi connectivity index (χ1v) is 11.8. The highest BCUT2D eigenvalue weighted by atomic mass is 15.1. The first-order chi connectivity index (χ1) is 16.3. The van der Waals surface area contributed by atoms with E-state index in [0.717, 1.165) is 19.3 Å². The molecule has 0 atom stereocenters. The maximum Gasteiger partial charge on any atom is 0.0536 e. The molecule has 0 heterocycles. The van der Waals surface area contributed by atoms with Gasteiger partial charge in [-0.25, -0.2) is 0 Å². The lowest BCUT2D eigenvalue weighted by molar-refractivity contribution is 0.831. The van der Waals surface area contributed by atoms with Crippen molar-refractivity contribution in [2.24, 2.45) is 0 Å². The number of hydrogen-bond acceptors (Lipinski definition) is 1. The molecule has 0 saturated carbocycles. The van der Waals surface area contributed by atoms with E-state index in [0.29, 0.717) is 0 Å². The van der Waals surface area contributed by atoms with E-state index in [1.54, 1.807) is 0 Å². The fourth-order valence-electron chi connectivity index (χ4n) is 4.59. The highest BCUT2D eigenvalue weighted by molar-refractivity contribution is 5.85. The molecule has 162 valence electrons. The van der Waals surface area contributed by atoms with Gasteiger partial charge in [-0.2, -0.15) is 0 Å². The molecule has 0 N–H and O–H groups in total. The molecule has 0 bridgehead atoms. The van der Waals surface area contributed by atoms with Crippen LogP contribution >= 0.6 is 0 Å². The maximum absolute atomic E-state index is 2.45. The van der Waals surface area contributed by atoms with Crippen LogP contribution in [0.3, 0.4) is 0 Å².